The molecule has 0 atom stereocenters. The molecule has 0 radical (unpaired) electrons. The fraction of sp³-hybridized carbons (Fsp3) is 0.167. The summed E-state index contributed by atoms with van der Waals surface area (Å²) in [7, 11) is 1.36. The molecule has 1 aliphatic rings. The highest BCUT2D eigenvalue weighted by Crippen LogP contribution is 2.29. The predicted molar refractivity (Wildman–Crippen MR) is 103 cm³/mol. The van der Waals surface area contributed by atoms with Gasteiger partial charge in [-0.2, -0.15) is 0 Å². The van der Waals surface area contributed by atoms with Crippen LogP contribution >= 0.6 is 24.0 Å². The summed E-state index contributed by atoms with van der Waals surface area (Å²) < 4.78 is 7.27. The maximum atomic E-state index is 11.9. The molecule has 1 aromatic heterocycles. The first-order chi connectivity index (χ1) is 11.9. The molecular formula is C18H16N2O3S2. The number of benzene rings is 1. The average molecular weight is 372 g/mol. The number of hydrogen-bond acceptors (Lipinski definition) is 5. The normalized spacial score (nSPS) is 15.6. The van der Waals surface area contributed by atoms with Gasteiger partial charge in [-0.25, -0.2) is 4.79 Å². The Morgan fingerprint density at radius 2 is 1.96 bits per heavy atom. The fourth-order valence-corrected chi connectivity index (χ4v) is 3.79. The van der Waals surface area contributed by atoms with Gasteiger partial charge >= 0.3 is 5.97 Å². The standard InChI is InChI=1S/C18H16N2O3S2/c1-10-8-13(9-15-16(21)19-18(24)25-15)11(2)20(10)14-6-4-12(5-7-14)17(22)23-3/h4-9H,1-3H3,(H,19,21,24). The topological polar surface area (TPSA) is 60.3 Å². The third-order valence-electron chi connectivity index (χ3n) is 3.95. The molecule has 1 saturated heterocycles. The van der Waals surface area contributed by atoms with E-state index >= 15 is 0 Å². The number of esters is 1. The molecule has 0 bridgehead atoms. The van der Waals surface area contributed by atoms with E-state index in [2.05, 4.69) is 9.88 Å². The molecule has 2 aromatic rings. The molecule has 0 saturated carbocycles. The number of aromatic nitrogens is 1. The average Bonchev–Trinajstić information content (AvgIpc) is 3.05. The van der Waals surface area contributed by atoms with Crippen molar-refractivity contribution in [2.75, 3.05) is 7.11 Å². The third kappa shape index (κ3) is 3.38. The van der Waals surface area contributed by atoms with Crippen molar-refractivity contribution in [1.29, 1.82) is 0 Å². The van der Waals surface area contributed by atoms with E-state index in [9.17, 15) is 9.59 Å². The summed E-state index contributed by atoms with van der Waals surface area (Å²) in [5.41, 5.74) is 4.43. The van der Waals surface area contributed by atoms with Gasteiger partial charge in [0, 0.05) is 17.1 Å². The molecule has 1 aromatic carbocycles. The van der Waals surface area contributed by atoms with Gasteiger partial charge in [0.2, 0.25) is 0 Å². The lowest BCUT2D eigenvalue weighted by Crippen LogP contribution is -2.17. The van der Waals surface area contributed by atoms with Crippen LogP contribution in [0.25, 0.3) is 11.8 Å². The minimum atomic E-state index is -0.363. The van der Waals surface area contributed by atoms with E-state index in [0.717, 1.165) is 22.6 Å². The number of amides is 1. The second-order valence-electron chi connectivity index (χ2n) is 5.55. The molecule has 2 heterocycles. The Bertz CT molecular complexity index is 911. The lowest BCUT2D eigenvalue weighted by Gasteiger charge is -2.10. The second kappa shape index (κ2) is 6.85. The highest BCUT2D eigenvalue weighted by molar-refractivity contribution is 8.26. The van der Waals surface area contributed by atoms with Crippen LogP contribution in [0.2, 0.25) is 0 Å². The Hall–Kier alpha value is -2.38. The number of rotatable bonds is 3. The number of thioether (sulfide) groups is 1. The number of methoxy groups -OCH3 is 1. The zero-order chi connectivity index (χ0) is 18.1. The Balaban J connectivity index is 1.98. The molecule has 128 valence electrons. The van der Waals surface area contributed by atoms with Crippen molar-refractivity contribution in [3.8, 4) is 5.69 Å². The first-order valence-corrected chi connectivity index (χ1v) is 8.75. The number of thiocarbonyl (C=S) groups is 1. The predicted octanol–water partition coefficient (Wildman–Crippen LogP) is 3.37. The van der Waals surface area contributed by atoms with Crippen molar-refractivity contribution in [2.24, 2.45) is 0 Å². The quantitative estimate of drug-likeness (QED) is 0.509. The van der Waals surface area contributed by atoms with Gasteiger partial charge in [-0.15, -0.1) is 0 Å². The van der Waals surface area contributed by atoms with Crippen molar-refractivity contribution >= 4 is 46.3 Å². The van der Waals surface area contributed by atoms with Crippen LogP contribution in [0.1, 0.15) is 27.3 Å². The first-order valence-electron chi connectivity index (χ1n) is 7.53. The molecule has 25 heavy (non-hydrogen) atoms. The summed E-state index contributed by atoms with van der Waals surface area (Å²) in [6.45, 7) is 3.99. The molecule has 0 aliphatic carbocycles. The van der Waals surface area contributed by atoms with E-state index in [-0.39, 0.29) is 11.9 Å². The van der Waals surface area contributed by atoms with Crippen LogP contribution in [0.3, 0.4) is 0 Å². The monoisotopic (exact) mass is 372 g/mol. The number of carbonyl (C=O) groups is 2. The Morgan fingerprint density at radius 3 is 2.52 bits per heavy atom. The van der Waals surface area contributed by atoms with Crippen LogP contribution in [0.5, 0.6) is 0 Å². The van der Waals surface area contributed by atoms with Crippen LogP contribution in [-0.4, -0.2) is 27.9 Å². The largest absolute Gasteiger partial charge is 0.465 e. The van der Waals surface area contributed by atoms with E-state index in [0.29, 0.717) is 14.8 Å². The van der Waals surface area contributed by atoms with Gasteiger partial charge in [0.15, 0.2) is 0 Å². The van der Waals surface area contributed by atoms with Gasteiger partial charge in [0.25, 0.3) is 5.91 Å². The summed E-state index contributed by atoms with van der Waals surface area (Å²) in [6, 6.07) is 9.23. The Kier molecular flexibility index (Phi) is 4.78. The summed E-state index contributed by atoms with van der Waals surface area (Å²) in [5, 5.41) is 2.62. The number of ether oxygens (including phenoxy) is 1. The number of aryl methyl sites for hydroxylation is 1. The smallest absolute Gasteiger partial charge is 0.337 e. The highest BCUT2D eigenvalue weighted by Gasteiger charge is 2.23. The molecular weight excluding hydrogens is 356 g/mol. The number of nitrogens with zero attached hydrogens (tertiary/aromatic N) is 1. The zero-order valence-corrected chi connectivity index (χ0v) is 15.6. The fourth-order valence-electron chi connectivity index (χ4n) is 2.76. The molecule has 5 nitrogen and oxygen atoms in total. The zero-order valence-electron chi connectivity index (χ0n) is 14.0. The van der Waals surface area contributed by atoms with Gasteiger partial charge in [0.1, 0.15) is 4.32 Å². The number of hydrogen-bond donors (Lipinski definition) is 1. The first kappa shape index (κ1) is 17.4. The van der Waals surface area contributed by atoms with Crippen LogP contribution < -0.4 is 5.32 Å². The SMILES string of the molecule is COC(=O)c1ccc(-n2c(C)cc(C=C3SC(=S)NC3=O)c2C)cc1. The minimum absolute atomic E-state index is 0.165. The maximum Gasteiger partial charge on any atom is 0.337 e. The maximum absolute atomic E-state index is 11.9. The van der Waals surface area contributed by atoms with Gasteiger partial charge in [-0.05, 0) is 55.8 Å². The molecule has 1 aliphatic heterocycles. The van der Waals surface area contributed by atoms with Crippen LogP contribution in [0.4, 0.5) is 0 Å². The van der Waals surface area contributed by atoms with Gasteiger partial charge in [-0.3, -0.25) is 4.79 Å². The summed E-state index contributed by atoms with van der Waals surface area (Å²) in [4.78, 5) is 24.0. The van der Waals surface area contributed by atoms with Crippen molar-refractivity contribution in [3.63, 3.8) is 0 Å². The molecule has 7 heteroatoms. The lowest BCUT2D eigenvalue weighted by molar-refractivity contribution is -0.115. The minimum Gasteiger partial charge on any atom is -0.465 e. The van der Waals surface area contributed by atoms with Crippen molar-refractivity contribution in [3.05, 3.63) is 57.8 Å². The van der Waals surface area contributed by atoms with Crippen molar-refractivity contribution < 1.29 is 14.3 Å². The molecule has 1 N–H and O–H groups in total. The number of carbonyl (C=O) groups excluding carboxylic acids is 2. The molecule has 0 unspecified atom stereocenters. The molecule has 0 spiro atoms. The molecule has 1 fully saturated rings. The van der Waals surface area contributed by atoms with Crippen molar-refractivity contribution in [2.45, 2.75) is 13.8 Å². The van der Waals surface area contributed by atoms with Gasteiger partial charge < -0.3 is 14.6 Å². The van der Waals surface area contributed by atoms with Gasteiger partial charge in [0.05, 0.1) is 17.6 Å². The Labute approximate surface area is 155 Å². The van der Waals surface area contributed by atoms with E-state index < -0.39 is 0 Å². The van der Waals surface area contributed by atoms with E-state index in [1.807, 2.05) is 38.1 Å². The van der Waals surface area contributed by atoms with E-state index in [1.165, 1.54) is 18.9 Å². The van der Waals surface area contributed by atoms with E-state index in [1.54, 1.807) is 12.1 Å². The number of nitrogens with one attached hydrogen (secondary N) is 1. The molecule has 1 amide bonds. The van der Waals surface area contributed by atoms with Crippen LogP contribution in [-0.2, 0) is 9.53 Å². The summed E-state index contributed by atoms with van der Waals surface area (Å²) in [5.74, 6) is -0.527. The van der Waals surface area contributed by atoms with Crippen LogP contribution in [0, 0.1) is 13.8 Å². The Morgan fingerprint density at radius 1 is 1.28 bits per heavy atom. The van der Waals surface area contributed by atoms with Crippen LogP contribution in [0.15, 0.2) is 35.2 Å². The third-order valence-corrected chi connectivity index (χ3v) is 5.11. The molecule has 3 rings (SSSR count). The summed E-state index contributed by atoms with van der Waals surface area (Å²) in [6.07, 6.45) is 1.85. The highest BCUT2D eigenvalue weighted by atomic mass is 32.2. The van der Waals surface area contributed by atoms with Crippen molar-refractivity contribution in [1.82, 2.24) is 9.88 Å². The lowest BCUT2D eigenvalue weighted by atomic mass is 10.2. The van der Waals surface area contributed by atoms with E-state index in [4.69, 9.17) is 17.0 Å². The second-order valence-corrected chi connectivity index (χ2v) is 7.27. The summed E-state index contributed by atoms with van der Waals surface area (Å²) >= 11 is 6.29. The van der Waals surface area contributed by atoms with Gasteiger partial charge in [-0.1, -0.05) is 24.0 Å².